The average molecular weight is 725 g/mol. The van der Waals surface area contributed by atoms with Crippen LogP contribution < -0.4 is 9.62 Å². The van der Waals surface area contributed by atoms with Crippen molar-refractivity contribution in [2.45, 2.75) is 51.6 Å². The monoisotopic (exact) mass is 723 g/mol. The van der Waals surface area contributed by atoms with Crippen molar-refractivity contribution in [1.82, 2.24) is 10.2 Å². The number of nitrogens with zero attached hydrogens (tertiary/aromatic N) is 2. The van der Waals surface area contributed by atoms with E-state index in [1.165, 1.54) is 29.2 Å². The predicted octanol–water partition coefficient (Wildman–Crippen LogP) is 7.33. The molecule has 7 nitrogen and oxygen atoms in total. The molecule has 0 aliphatic heterocycles. The normalized spacial score (nSPS) is 12.1. The molecule has 0 aliphatic carbocycles. The third-order valence-electron chi connectivity index (χ3n) is 7.68. The Morgan fingerprint density at radius 1 is 0.848 bits per heavy atom. The van der Waals surface area contributed by atoms with Gasteiger partial charge >= 0.3 is 0 Å². The molecular weight excluding hydrogens is 686 g/mol. The smallest absolute Gasteiger partial charge is 0.264 e. The van der Waals surface area contributed by atoms with Gasteiger partial charge < -0.3 is 10.2 Å². The Hall–Kier alpha value is -3.66. The number of aryl methyl sites for hydroxylation is 2. The highest BCUT2D eigenvalue weighted by atomic mass is 79.9. The van der Waals surface area contributed by atoms with Gasteiger partial charge in [-0.15, -0.1) is 0 Å². The molecular formula is C36H39BrClN3O4S. The van der Waals surface area contributed by atoms with Gasteiger partial charge in [0.1, 0.15) is 12.6 Å². The molecule has 10 heteroatoms. The molecule has 0 fully saturated rings. The lowest BCUT2D eigenvalue weighted by molar-refractivity contribution is -0.140. The van der Waals surface area contributed by atoms with Crippen LogP contribution in [0.4, 0.5) is 5.69 Å². The van der Waals surface area contributed by atoms with Crippen LogP contribution in [0.3, 0.4) is 0 Å². The van der Waals surface area contributed by atoms with Gasteiger partial charge in [0, 0.05) is 29.0 Å². The zero-order chi connectivity index (χ0) is 33.4. The number of nitrogens with one attached hydrogen (secondary N) is 1. The van der Waals surface area contributed by atoms with Crippen molar-refractivity contribution in [2.24, 2.45) is 5.92 Å². The molecule has 1 unspecified atom stereocenters. The SMILES string of the molecule is Cc1ccc(N(CC(=O)N(Cc2ccc(Br)cc2)C(Cc2ccccc2)C(=O)NCC(C)C)S(=O)(=O)c2ccc(Cl)cc2)cc1C. The van der Waals surface area contributed by atoms with Gasteiger partial charge in [-0.2, -0.15) is 0 Å². The molecule has 4 aromatic rings. The Kier molecular flexibility index (Phi) is 12.1. The van der Waals surface area contributed by atoms with Crippen molar-refractivity contribution < 1.29 is 18.0 Å². The summed E-state index contributed by atoms with van der Waals surface area (Å²) in [5, 5.41) is 3.40. The van der Waals surface area contributed by atoms with Gasteiger partial charge in [-0.05, 0) is 90.6 Å². The van der Waals surface area contributed by atoms with E-state index in [9.17, 15) is 18.0 Å². The largest absolute Gasteiger partial charge is 0.354 e. The third kappa shape index (κ3) is 9.21. The van der Waals surface area contributed by atoms with Crippen molar-refractivity contribution in [1.29, 1.82) is 0 Å². The molecule has 0 radical (unpaired) electrons. The molecule has 1 atom stereocenters. The fraction of sp³-hybridized carbons (Fsp3) is 0.278. The van der Waals surface area contributed by atoms with E-state index in [1.807, 2.05) is 88.4 Å². The number of amides is 2. The van der Waals surface area contributed by atoms with E-state index in [0.717, 1.165) is 31.0 Å². The Bertz CT molecular complexity index is 1750. The molecule has 0 saturated heterocycles. The maximum absolute atomic E-state index is 14.6. The fourth-order valence-electron chi connectivity index (χ4n) is 4.91. The molecule has 0 aliphatic rings. The van der Waals surface area contributed by atoms with Gasteiger partial charge in [0.25, 0.3) is 10.0 Å². The van der Waals surface area contributed by atoms with Gasteiger partial charge in [-0.3, -0.25) is 13.9 Å². The van der Waals surface area contributed by atoms with Crippen LogP contribution in [0.5, 0.6) is 0 Å². The van der Waals surface area contributed by atoms with Crippen LogP contribution in [0.2, 0.25) is 5.02 Å². The number of hydrogen-bond donors (Lipinski definition) is 1. The molecule has 1 N–H and O–H groups in total. The van der Waals surface area contributed by atoms with E-state index in [1.54, 1.807) is 12.1 Å². The second-order valence-corrected chi connectivity index (χ2v) is 14.9. The average Bonchev–Trinajstić information content (AvgIpc) is 3.03. The minimum atomic E-state index is -4.21. The quantitative estimate of drug-likeness (QED) is 0.157. The molecule has 4 rings (SSSR count). The number of sulfonamides is 1. The van der Waals surface area contributed by atoms with Gasteiger partial charge in [0.2, 0.25) is 11.8 Å². The summed E-state index contributed by atoms with van der Waals surface area (Å²) in [6.07, 6.45) is 0.251. The number of carbonyl (C=O) groups is 2. The highest BCUT2D eigenvalue weighted by molar-refractivity contribution is 9.10. The summed E-state index contributed by atoms with van der Waals surface area (Å²) >= 11 is 9.54. The summed E-state index contributed by atoms with van der Waals surface area (Å²) < 4.78 is 30.4. The van der Waals surface area contributed by atoms with Crippen molar-refractivity contribution in [3.8, 4) is 0 Å². The molecule has 0 bridgehead atoms. The molecule has 0 aromatic heterocycles. The van der Waals surface area contributed by atoms with Gasteiger partial charge in [0.15, 0.2) is 0 Å². The summed E-state index contributed by atoms with van der Waals surface area (Å²) in [7, 11) is -4.21. The van der Waals surface area contributed by atoms with E-state index in [2.05, 4.69) is 21.2 Å². The Morgan fingerprint density at radius 3 is 2.11 bits per heavy atom. The lowest BCUT2D eigenvalue weighted by atomic mass is 10.0. The fourth-order valence-corrected chi connectivity index (χ4v) is 6.70. The van der Waals surface area contributed by atoms with E-state index in [4.69, 9.17) is 11.6 Å². The first-order chi connectivity index (χ1) is 21.8. The van der Waals surface area contributed by atoms with E-state index in [-0.39, 0.29) is 29.7 Å². The summed E-state index contributed by atoms with van der Waals surface area (Å²) in [4.78, 5) is 29.9. The number of rotatable bonds is 13. The van der Waals surface area contributed by atoms with Crippen LogP contribution in [0.15, 0.2) is 106 Å². The van der Waals surface area contributed by atoms with Crippen LogP contribution in [0.1, 0.15) is 36.1 Å². The van der Waals surface area contributed by atoms with Gasteiger partial charge in [-0.25, -0.2) is 8.42 Å². The molecule has 0 saturated carbocycles. The van der Waals surface area contributed by atoms with Crippen molar-refractivity contribution in [2.75, 3.05) is 17.4 Å². The zero-order valence-electron chi connectivity index (χ0n) is 26.4. The summed E-state index contributed by atoms with van der Waals surface area (Å²) in [6.45, 7) is 7.84. The number of carbonyl (C=O) groups excluding carboxylic acids is 2. The maximum atomic E-state index is 14.6. The van der Waals surface area contributed by atoms with Crippen molar-refractivity contribution in [3.63, 3.8) is 0 Å². The Morgan fingerprint density at radius 2 is 1.50 bits per heavy atom. The van der Waals surface area contributed by atoms with Crippen LogP contribution in [0.25, 0.3) is 0 Å². The van der Waals surface area contributed by atoms with Crippen LogP contribution in [-0.2, 0) is 32.6 Å². The molecule has 46 heavy (non-hydrogen) atoms. The number of halogens is 2. The third-order valence-corrected chi connectivity index (χ3v) is 10.2. The Labute approximate surface area is 285 Å². The summed E-state index contributed by atoms with van der Waals surface area (Å²) in [6, 6.07) is 27.2. The molecule has 0 heterocycles. The summed E-state index contributed by atoms with van der Waals surface area (Å²) in [5.74, 6) is -0.623. The number of hydrogen-bond acceptors (Lipinski definition) is 4. The van der Waals surface area contributed by atoms with Crippen molar-refractivity contribution >= 4 is 55.1 Å². The first kappa shape index (κ1) is 35.2. The van der Waals surface area contributed by atoms with Crippen molar-refractivity contribution in [3.05, 3.63) is 129 Å². The highest BCUT2D eigenvalue weighted by Gasteiger charge is 2.34. The molecule has 242 valence electrons. The minimum Gasteiger partial charge on any atom is -0.354 e. The standard InChI is InChI=1S/C36H39BrClN3O4S/c1-25(2)22-39-36(43)34(21-28-8-6-5-7-9-28)40(23-29-11-13-30(37)14-12-29)35(42)24-41(32-17-10-26(3)27(4)20-32)46(44,45)33-18-15-31(38)16-19-33/h5-20,25,34H,21-24H2,1-4H3,(H,39,43). The minimum absolute atomic E-state index is 0.00194. The van der Waals surface area contributed by atoms with E-state index in [0.29, 0.717) is 17.3 Å². The number of benzene rings is 4. The maximum Gasteiger partial charge on any atom is 0.264 e. The number of anilines is 1. The molecule has 4 aromatic carbocycles. The van der Waals surface area contributed by atoms with Crippen LogP contribution in [-0.4, -0.2) is 44.3 Å². The van der Waals surface area contributed by atoms with Gasteiger partial charge in [0.05, 0.1) is 10.6 Å². The second-order valence-electron chi connectivity index (χ2n) is 11.7. The van der Waals surface area contributed by atoms with Gasteiger partial charge in [-0.1, -0.05) is 89.9 Å². The first-order valence-corrected chi connectivity index (χ1v) is 17.7. The van der Waals surface area contributed by atoms with E-state index < -0.39 is 28.5 Å². The topological polar surface area (TPSA) is 86.8 Å². The lowest BCUT2D eigenvalue weighted by Gasteiger charge is -2.34. The van der Waals surface area contributed by atoms with Crippen LogP contribution >= 0.6 is 27.5 Å². The Balaban J connectivity index is 1.81. The first-order valence-electron chi connectivity index (χ1n) is 15.1. The van der Waals surface area contributed by atoms with E-state index >= 15 is 0 Å². The molecule has 2 amide bonds. The second kappa shape index (κ2) is 15.8. The highest BCUT2D eigenvalue weighted by Crippen LogP contribution is 2.28. The summed E-state index contributed by atoms with van der Waals surface area (Å²) in [5.41, 5.74) is 3.88. The van der Waals surface area contributed by atoms with Crippen LogP contribution in [0, 0.1) is 19.8 Å². The lowest BCUT2D eigenvalue weighted by Crippen LogP contribution is -2.53. The zero-order valence-corrected chi connectivity index (χ0v) is 29.6. The molecule has 0 spiro atoms. The predicted molar refractivity (Wildman–Crippen MR) is 188 cm³/mol.